The first kappa shape index (κ1) is 43.9. The maximum absolute atomic E-state index is 15.1. The van der Waals surface area contributed by atoms with E-state index in [4.69, 9.17) is 23.7 Å². The van der Waals surface area contributed by atoms with Crippen LogP contribution in [0.1, 0.15) is 86.5 Å². The van der Waals surface area contributed by atoms with E-state index in [1.54, 1.807) is 53.1 Å². The normalized spacial score (nSPS) is 28.8. The van der Waals surface area contributed by atoms with Crippen LogP contribution in [0.25, 0.3) is 10.8 Å². The van der Waals surface area contributed by atoms with Gasteiger partial charge in [0.15, 0.2) is 0 Å². The number of nitrogens with one attached hydrogen (secondary N) is 3. The van der Waals surface area contributed by atoms with Crippen LogP contribution in [-0.2, 0) is 33.9 Å². The van der Waals surface area contributed by atoms with E-state index in [2.05, 4.69) is 27.3 Å². The predicted molar refractivity (Wildman–Crippen MR) is 218 cm³/mol. The Morgan fingerprint density at radius 1 is 1.10 bits per heavy atom. The number of nitrogens with zero attached hydrogens (tertiary/aromatic N) is 2. The van der Waals surface area contributed by atoms with Gasteiger partial charge in [-0.25, -0.2) is 18.2 Å². The van der Waals surface area contributed by atoms with Crippen LogP contribution in [0.4, 0.5) is 4.79 Å². The van der Waals surface area contributed by atoms with Gasteiger partial charge in [-0.3, -0.25) is 19.1 Å². The van der Waals surface area contributed by atoms with E-state index in [1.165, 1.54) is 12.0 Å². The van der Waals surface area contributed by atoms with Crippen molar-refractivity contribution in [2.24, 2.45) is 17.8 Å². The van der Waals surface area contributed by atoms with Crippen LogP contribution < -0.4 is 29.6 Å². The minimum Gasteiger partial charge on any atom is -0.497 e. The quantitative estimate of drug-likeness (QED) is 0.270. The number of carbonyl (C=O) groups excluding carboxylic acids is 4. The zero-order valence-corrected chi connectivity index (χ0v) is 36.1. The summed E-state index contributed by atoms with van der Waals surface area (Å²) >= 11 is 0. The van der Waals surface area contributed by atoms with Crippen LogP contribution in [-0.4, -0.2) is 110 Å². The summed E-state index contributed by atoms with van der Waals surface area (Å²) in [6, 6.07) is 3.00. The molecule has 2 saturated carbocycles. The number of rotatable bonds is 11. The minimum absolute atomic E-state index is 0.0107. The first-order valence-corrected chi connectivity index (χ1v) is 21.9. The monoisotopic (exact) mass is 841 g/mol. The smallest absolute Gasteiger partial charge is 0.408 e. The fraction of sp³-hybridized carbons (Fsp3) is 0.643. The fourth-order valence-corrected chi connectivity index (χ4v) is 9.36. The number of ether oxygens (including phenoxy) is 5. The molecule has 3 fully saturated rings. The standard InChI is InChI=1S/C42H59N5O11S/c1-9-56-33-22-43-36(30-15-14-28(55-8)19-31(30)33)57-29-20-32-35(48)45-42(38(50)46-59(52,53)41(6)16-17-41)21-27(42)13-11-10-12-25(2)18-26(24-54-7)34(37(49)47(32)23-29)44-39(51)58-40(3,4)5/h11,13-15,19,22,25-27,29,32,34H,9-10,12,16-18,20-21,23-24H2,1-8H3,(H,44,51)(H,45,48)(H,46,50)/b13-11-/t25-,26-,27-,29+,32-,34-,42-/m0/s1. The molecule has 4 aliphatic rings. The molecular weight excluding hydrogens is 783 g/mol. The highest BCUT2D eigenvalue weighted by molar-refractivity contribution is 7.91. The van der Waals surface area contributed by atoms with E-state index in [0.717, 1.165) is 0 Å². The molecule has 1 aromatic heterocycles. The third-order valence-electron chi connectivity index (χ3n) is 11.7. The largest absolute Gasteiger partial charge is 0.497 e. The molecule has 2 aliphatic carbocycles. The lowest BCUT2D eigenvalue weighted by molar-refractivity contribution is -0.142. The van der Waals surface area contributed by atoms with Gasteiger partial charge in [-0.1, -0.05) is 19.1 Å². The van der Waals surface area contributed by atoms with Gasteiger partial charge in [0.25, 0.3) is 5.91 Å². The average Bonchev–Trinajstić information content (AvgIpc) is 4.05. The second-order valence-electron chi connectivity index (χ2n) is 17.6. The Hall–Kier alpha value is -4.64. The van der Waals surface area contributed by atoms with Gasteiger partial charge in [-0.15, -0.1) is 0 Å². The SMILES string of the molecule is CCOc1cnc(O[C@@H]2C[C@H]3C(=O)N[C@@]4(C(=O)NS(=O)(=O)C5(C)CC5)C[C@@H]4/C=C\CC[C@H](C)C[C@@H](COC)[C@H](NC(=O)OC(C)(C)C)C(=O)N3C2)c2ccc(OC)cc12. The summed E-state index contributed by atoms with van der Waals surface area (Å²) in [7, 11) is -0.941. The molecular formula is C42H59N5O11S. The fourth-order valence-electron chi connectivity index (χ4n) is 8.05. The predicted octanol–water partition coefficient (Wildman–Crippen LogP) is 4.40. The molecule has 1 saturated heterocycles. The third kappa shape index (κ3) is 9.72. The maximum Gasteiger partial charge on any atom is 0.408 e. The lowest BCUT2D eigenvalue weighted by Crippen LogP contribution is -2.60. The molecule has 3 heterocycles. The Morgan fingerprint density at radius 3 is 2.51 bits per heavy atom. The van der Waals surface area contributed by atoms with Gasteiger partial charge in [-0.2, -0.15) is 0 Å². The van der Waals surface area contributed by atoms with Crippen LogP contribution >= 0.6 is 0 Å². The molecule has 0 spiro atoms. The van der Waals surface area contributed by atoms with Gasteiger partial charge in [0, 0.05) is 36.1 Å². The molecule has 0 unspecified atom stereocenters. The summed E-state index contributed by atoms with van der Waals surface area (Å²) in [6.45, 7) is 11.1. The molecule has 2 aromatic rings. The number of fused-ring (bicyclic) bond motifs is 3. The molecule has 0 bridgehead atoms. The highest BCUT2D eigenvalue weighted by Gasteiger charge is 2.63. The molecule has 4 amide bonds. The lowest BCUT2D eigenvalue weighted by atomic mass is 9.87. The Bertz CT molecular complexity index is 2070. The molecule has 1 aromatic carbocycles. The van der Waals surface area contributed by atoms with Crippen molar-refractivity contribution < 1.29 is 51.3 Å². The van der Waals surface area contributed by atoms with E-state index >= 15 is 4.79 Å². The number of aromatic nitrogens is 1. The van der Waals surface area contributed by atoms with E-state index < -0.39 is 79.7 Å². The highest BCUT2D eigenvalue weighted by Crippen LogP contribution is 2.48. The number of sulfonamides is 1. The van der Waals surface area contributed by atoms with E-state index in [0.29, 0.717) is 61.0 Å². The van der Waals surface area contributed by atoms with Crippen LogP contribution in [0.3, 0.4) is 0 Å². The second kappa shape index (κ2) is 17.1. The Labute approximate surface area is 346 Å². The average molecular weight is 842 g/mol. The molecule has 6 rings (SSSR count). The van der Waals surface area contributed by atoms with Crippen molar-refractivity contribution in [1.29, 1.82) is 0 Å². The molecule has 59 heavy (non-hydrogen) atoms. The first-order valence-electron chi connectivity index (χ1n) is 20.4. The number of hydrogen-bond donors (Lipinski definition) is 3. The lowest BCUT2D eigenvalue weighted by Gasteiger charge is -2.34. The molecule has 2 aliphatic heterocycles. The first-order chi connectivity index (χ1) is 27.8. The van der Waals surface area contributed by atoms with E-state index in [1.807, 2.05) is 25.1 Å². The van der Waals surface area contributed by atoms with Crippen molar-refractivity contribution >= 4 is 44.6 Å². The van der Waals surface area contributed by atoms with Crippen molar-refractivity contribution in [2.45, 2.75) is 121 Å². The van der Waals surface area contributed by atoms with Crippen molar-refractivity contribution in [3.63, 3.8) is 0 Å². The van der Waals surface area contributed by atoms with E-state index in [-0.39, 0.29) is 37.8 Å². The number of methoxy groups -OCH3 is 2. The molecule has 7 atom stereocenters. The van der Waals surface area contributed by atoms with Crippen molar-refractivity contribution in [1.82, 2.24) is 25.2 Å². The summed E-state index contributed by atoms with van der Waals surface area (Å²) < 4.78 is 56.8. The van der Waals surface area contributed by atoms with Crippen LogP contribution in [0, 0.1) is 17.8 Å². The van der Waals surface area contributed by atoms with Crippen molar-refractivity contribution in [3.8, 4) is 17.4 Å². The maximum atomic E-state index is 15.1. The van der Waals surface area contributed by atoms with Gasteiger partial charge >= 0.3 is 6.09 Å². The number of pyridine rings is 1. The molecule has 3 N–H and O–H groups in total. The zero-order chi connectivity index (χ0) is 42.9. The molecule has 0 radical (unpaired) electrons. The third-order valence-corrected chi connectivity index (χ3v) is 13.9. The van der Waals surface area contributed by atoms with Gasteiger partial charge in [-0.05, 0) is 97.3 Å². The molecule has 17 heteroatoms. The number of benzene rings is 1. The van der Waals surface area contributed by atoms with Gasteiger partial charge in [0.05, 0.1) is 37.8 Å². The summed E-state index contributed by atoms with van der Waals surface area (Å²) in [5.41, 5.74) is -2.43. The van der Waals surface area contributed by atoms with Crippen molar-refractivity contribution in [3.05, 3.63) is 36.5 Å². The highest BCUT2D eigenvalue weighted by atomic mass is 32.2. The van der Waals surface area contributed by atoms with Gasteiger partial charge < -0.3 is 39.2 Å². The summed E-state index contributed by atoms with van der Waals surface area (Å²) in [5.74, 6) is -1.62. The number of amides is 4. The Morgan fingerprint density at radius 2 is 1.85 bits per heavy atom. The summed E-state index contributed by atoms with van der Waals surface area (Å²) in [6.07, 6.45) is 6.62. The Kier molecular flexibility index (Phi) is 12.8. The van der Waals surface area contributed by atoms with Gasteiger partial charge in [0.2, 0.25) is 27.7 Å². The topological polar surface area (TPSA) is 201 Å². The molecule has 16 nitrogen and oxygen atoms in total. The number of allylic oxidation sites excluding steroid dienone is 1. The number of alkyl carbamates (subject to hydrolysis) is 1. The number of hydrogen-bond acceptors (Lipinski definition) is 12. The summed E-state index contributed by atoms with van der Waals surface area (Å²) in [4.78, 5) is 63.1. The summed E-state index contributed by atoms with van der Waals surface area (Å²) in [5, 5.41) is 7.03. The number of carbonyl (C=O) groups is 4. The zero-order valence-electron chi connectivity index (χ0n) is 35.3. The molecule has 324 valence electrons. The van der Waals surface area contributed by atoms with Crippen LogP contribution in [0.2, 0.25) is 0 Å². The Balaban J connectivity index is 1.39. The second-order valence-corrected chi connectivity index (χ2v) is 19.8. The minimum atomic E-state index is -4.03. The van der Waals surface area contributed by atoms with E-state index in [9.17, 15) is 22.8 Å². The van der Waals surface area contributed by atoms with Crippen LogP contribution in [0.5, 0.6) is 17.4 Å². The van der Waals surface area contributed by atoms with Crippen molar-refractivity contribution in [2.75, 3.05) is 34.0 Å². The van der Waals surface area contributed by atoms with Gasteiger partial charge in [0.1, 0.15) is 40.8 Å². The van der Waals surface area contributed by atoms with Crippen LogP contribution in [0.15, 0.2) is 36.5 Å².